The Labute approximate surface area is 232 Å². The number of anilines is 2. The lowest BCUT2D eigenvalue weighted by atomic mass is 10.0. The normalized spacial score (nSPS) is 12.5. The molecule has 0 radical (unpaired) electrons. The lowest BCUT2D eigenvalue weighted by molar-refractivity contribution is -0.385. The van der Waals surface area contributed by atoms with Gasteiger partial charge in [-0.05, 0) is 43.2 Å². The van der Waals surface area contributed by atoms with Crippen LogP contribution in [0.4, 0.5) is 30.5 Å². The maximum Gasteiger partial charge on any atom is 0.416 e. The molecule has 0 saturated heterocycles. The number of hydrogen-bond acceptors (Lipinski definition) is 8. The van der Waals surface area contributed by atoms with Crippen LogP contribution < -0.4 is 15.0 Å². The Bertz CT molecular complexity index is 1800. The molecule has 0 aliphatic rings. The number of nitrogens with zero attached hydrogens (tertiary/aromatic N) is 6. The molecule has 212 valence electrons. The van der Waals surface area contributed by atoms with Gasteiger partial charge in [-0.2, -0.15) is 13.2 Å². The summed E-state index contributed by atoms with van der Waals surface area (Å²) in [6, 6.07) is 11.1. The van der Waals surface area contributed by atoms with Gasteiger partial charge in [-0.25, -0.2) is 15.0 Å². The van der Waals surface area contributed by atoms with Gasteiger partial charge in [0.25, 0.3) is 5.69 Å². The number of pyridine rings is 1. The lowest BCUT2D eigenvalue weighted by Crippen LogP contribution is -2.12. The van der Waals surface area contributed by atoms with Gasteiger partial charge in [-0.1, -0.05) is 6.07 Å². The molecule has 1 N–H and O–H groups in total. The molecule has 0 amide bonds. The number of nitro benzene ring substituents is 1. The summed E-state index contributed by atoms with van der Waals surface area (Å²) in [6.45, 7) is 3.32. The zero-order chi connectivity index (χ0) is 29.6. The summed E-state index contributed by atoms with van der Waals surface area (Å²) in [4.78, 5) is 26.1. The lowest BCUT2D eigenvalue weighted by Gasteiger charge is -2.19. The molecule has 0 bridgehead atoms. The summed E-state index contributed by atoms with van der Waals surface area (Å²) >= 11 is 0. The fourth-order valence-corrected chi connectivity index (χ4v) is 4.56. The molecule has 2 aromatic carbocycles. The molecular formula is C28H26F3N7O3. The highest BCUT2D eigenvalue weighted by atomic mass is 19.4. The highest BCUT2D eigenvalue weighted by Gasteiger charge is 2.33. The molecule has 13 heteroatoms. The second-order valence-corrected chi connectivity index (χ2v) is 9.79. The number of imidazole rings is 1. The van der Waals surface area contributed by atoms with Crippen molar-refractivity contribution in [2.24, 2.45) is 0 Å². The van der Waals surface area contributed by atoms with Crippen molar-refractivity contribution in [3.63, 3.8) is 0 Å². The van der Waals surface area contributed by atoms with Crippen molar-refractivity contribution in [1.29, 1.82) is 0 Å². The minimum atomic E-state index is -4.74. The van der Waals surface area contributed by atoms with Gasteiger partial charge < -0.3 is 15.0 Å². The number of aromatic nitrogens is 4. The van der Waals surface area contributed by atoms with E-state index < -0.39 is 28.4 Å². The van der Waals surface area contributed by atoms with Crippen LogP contribution in [0, 0.1) is 17.0 Å². The average molecular weight is 566 g/mol. The highest BCUT2D eigenvalue weighted by Crippen LogP contribution is 2.36. The van der Waals surface area contributed by atoms with Gasteiger partial charge in [-0.3, -0.25) is 14.5 Å². The van der Waals surface area contributed by atoms with Crippen molar-refractivity contribution >= 4 is 33.9 Å². The molecule has 0 fully saturated rings. The number of halogens is 3. The van der Waals surface area contributed by atoms with E-state index in [1.54, 1.807) is 21.0 Å². The van der Waals surface area contributed by atoms with Crippen LogP contribution in [-0.4, -0.2) is 45.5 Å². The van der Waals surface area contributed by atoms with Gasteiger partial charge in [0.2, 0.25) is 0 Å². The van der Waals surface area contributed by atoms with Crippen molar-refractivity contribution < 1.29 is 22.8 Å². The van der Waals surface area contributed by atoms with E-state index in [9.17, 15) is 23.3 Å². The Morgan fingerprint density at radius 1 is 1.07 bits per heavy atom. The fraction of sp³-hybridized carbons (Fsp3) is 0.250. The number of benzene rings is 2. The number of aryl methyl sites for hydroxylation is 1. The number of nitrogens with one attached hydrogen (secondary N) is 1. The molecule has 3 heterocycles. The molecule has 1 unspecified atom stereocenters. The first-order chi connectivity index (χ1) is 19.3. The topological polar surface area (TPSA) is 111 Å². The number of non-ortho nitro benzene ring substituents is 1. The van der Waals surface area contributed by atoms with E-state index in [4.69, 9.17) is 4.74 Å². The Balaban J connectivity index is 1.62. The van der Waals surface area contributed by atoms with Crippen molar-refractivity contribution in [3.8, 4) is 17.0 Å². The van der Waals surface area contributed by atoms with E-state index in [2.05, 4.69) is 20.3 Å². The number of methoxy groups -OCH3 is 1. The Kier molecular flexibility index (Phi) is 6.89. The summed E-state index contributed by atoms with van der Waals surface area (Å²) < 4.78 is 47.9. The third-order valence-electron chi connectivity index (χ3n) is 6.66. The van der Waals surface area contributed by atoms with Gasteiger partial charge in [0.05, 0.1) is 41.0 Å². The van der Waals surface area contributed by atoms with Crippen molar-refractivity contribution in [2.75, 3.05) is 31.4 Å². The summed E-state index contributed by atoms with van der Waals surface area (Å²) in [6.07, 6.45) is -2.84. The SMILES string of the molecule is COc1cc(-c2ccc3nc(C)nc(NC(C)c4cc([N+](=O)[O-])cc(C(F)(F)F)c4)c3c2)n2cc(N(C)C)nc2c1. The Morgan fingerprint density at radius 3 is 2.49 bits per heavy atom. The standard InChI is InChI=1S/C28H26F3N7O3/c1-15(18-8-19(28(29,30)31)11-20(9-18)38(39)40)32-27-22-10-17(6-7-23(22)33-16(2)34-27)24-12-21(41-5)13-25-35-26(36(3)4)14-37(24)25/h6-15H,1-5H3,(H,32,33,34). The number of fused-ring (bicyclic) bond motifs is 2. The van der Waals surface area contributed by atoms with E-state index in [1.807, 2.05) is 59.9 Å². The van der Waals surface area contributed by atoms with Crippen molar-refractivity contribution in [2.45, 2.75) is 26.1 Å². The number of alkyl halides is 3. The minimum absolute atomic E-state index is 0.0937. The van der Waals surface area contributed by atoms with E-state index in [0.29, 0.717) is 40.0 Å². The number of rotatable bonds is 7. The molecule has 3 aromatic heterocycles. The van der Waals surface area contributed by atoms with Gasteiger partial charge in [0.1, 0.15) is 28.9 Å². The van der Waals surface area contributed by atoms with Gasteiger partial charge in [0, 0.05) is 43.7 Å². The zero-order valence-electron chi connectivity index (χ0n) is 22.8. The van der Waals surface area contributed by atoms with Crippen molar-refractivity contribution in [1.82, 2.24) is 19.4 Å². The van der Waals surface area contributed by atoms with Crippen LogP contribution in [0.15, 0.2) is 54.7 Å². The molecule has 41 heavy (non-hydrogen) atoms. The molecule has 10 nitrogen and oxygen atoms in total. The summed E-state index contributed by atoms with van der Waals surface area (Å²) in [5, 5.41) is 15.1. The molecule has 5 aromatic rings. The van der Waals surface area contributed by atoms with Crippen LogP contribution >= 0.6 is 0 Å². The summed E-state index contributed by atoms with van der Waals surface area (Å²) in [5.41, 5.74) is 1.23. The predicted molar refractivity (Wildman–Crippen MR) is 149 cm³/mol. The zero-order valence-corrected chi connectivity index (χ0v) is 22.8. The molecule has 0 saturated carbocycles. The second kappa shape index (κ2) is 10.2. The van der Waals surface area contributed by atoms with Crippen molar-refractivity contribution in [3.05, 3.63) is 81.8 Å². The van der Waals surface area contributed by atoms with Crippen LogP contribution in [0.3, 0.4) is 0 Å². The van der Waals surface area contributed by atoms with E-state index in [-0.39, 0.29) is 5.56 Å². The number of hydrogen-bond donors (Lipinski definition) is 1. The molecule has 1 atom stereocenters. The first-order valence-electron chi connectivity index (χ1n) is 12.5. The molecule has 0 spiro atoms. The van der Waals surface area contributed by atoms with E-state index in [0.717, 1.165) is 29.2 Å². The number of nitro groups is 1. The van der Waals surface area contributed by atoms with Crippen LogP contribution in [-0.2, 0) is 6.18 Å². The molecule has 0 aliphatic carbocycles. The second-order valence-electron chi connectivity index (χ2n) is 9.79. The van der Waals surface area contributed by atoms with Gasteiger partial charge in [0.15, 0.2) is 0 Å². The minimum Gasteiger partial charge on any atom is -0.497 e. The largest absolute Gasteiger partial charge is 0.497 e. The Morgan fingerprint density at radius 2 is 1.83 bits per heavy atom. The maximum absolute atomic E-state index is 13.5. The van der Waals surface area contributed by atoms with Gasteiger partial charge >= 0.3 is 6.18 Å². The third-order valence-corrected chi connectivity index (χ3v) is 6.66. The smallest absolute Gasteiger partial charge is 0.416 e. The average Bonchev–Trinajstić information content (AvgIpc) is 3.36. The van der Waals surface area contributed by atoms with E-state index in [1.165, 1.54) is 0 Å². The highest BCUT2D eigenvalue weighted by molar-refractivity contribution is 5.93. The fourth-order valence-electron chi connectivity index (χ4n) is 4.56. The van der Waals surface area contributed by atoms with Crippen LogP contribution in [0.5, 0.6) is 5.75 Å². The molecule has 5 rings (SSSR count). The number of ether oxygens (including phenoxy) is 1. The first-order valence-corrected chi connectivity index (χ1v) is 12.5. The third kappa shape index (κ3) is 5.42. The Hall–Kier alpha value is -4.94. The molecular weight excluding hydrogens is 539 g/mol. The first kappa shape index (κ1) is 27.6. The monoisotopic (exact) mass is 565 g/mol. The predicted octanol–water partition coefficient (Wildman–Crippen LogP) is 6.43. The quantitative estimate of drug-likeness (QED) is 0.178. The van der Waals surface area contributed by atoms with Crippen LogP contribution in [0.25, 0.3) is 27.8 Å². The molecule has 0 aliphatic heterocycles. The van der Waals surface area contributed by atoms with Crippen LogP contribution in [0.1, 0.15) is 29.9 Å². The maximum atomic E-state index is 13.5. The van der Waals surface area contributed by atoms with Gasteiger partial charge in [-0.15, -0.1) is 0 Å². The summed E-state index contributed by atoms with van der Waals surface area (Å²) in [5.74, 6) is 2.19. The van der Waals surface area contributed by atoms with Crippen LogP contribution in [0.2, 0.25) is 0 Å². The van der Waals surface area contributed by atoms with E-state index >= 15 is 0 Å². The summed E-state index contributed by atoms with van der Waals surface area (Å²) in [7, 11) is 5.36.